The van der Waals surface area contributed by atoms with E-state index >= 15 is 0 Å². The van der Waals surface area contributed by atoms with E-state index < -0.39 is 0 Å². The van der Waals surface area contributed by atoms with Crippen LogP contribution in [0.2, 0.25) is 0 Å². The Balaban J connectivity index is 1.32. The van der Waals surface area contributed by atoms with E-state index in [9.17, 15) is 0 Å². The van der Waals surface area contributed by atoms with E-state index in [0.717, 1.165) is 67.8 Å². The van der Waals surface area contributed by atoms with Gasteiger partial charge in [-0.05, 0) is 139 Å². The lowest BCUT2D eigenvalue weighted by Crippen LogP contribution is -2.61. The zero-order chi connectivity index (χ0) is 49.8. The van der Waals surface area contributed by atoms with Crippen molar-refractivity contribution in [1.82, 2.24) is 0 Å². The highest BCUT2D eigenvalue weighted by atomic mass is 16.3. The van der Waals surface area contributed by atoms with Crippen LogP contribution in [-0.4, -0.2) is 6.71 Å². The molecule has 0 aliphatic carbocycles. The molecular weight excluding hydrogens is 862 g/mol. The lowest BCUT2D eigenvalue weighted by atomic mass is 9.35. The first-order valence-electron chi connectivity index (χ1n) is 25.5. The normalized spacial score (nSPS) is 13.5. The molecule has 11 rings (SSSR count). The fourth-order valence-corrected chi connectivity index (χ4v) is 10.8. The van der Waals surface area contributed by atoms with Crippen molar-refractivity contribution in [2.45, 2.75) is 105 Å². The number of fused-ring (bicyclic) bond motifs is 6. The maximum absolute atomic E-state index is 7.45. The number of hydrogen-bond acceptors (Lipinski definition) is 4. The first kappa shape index (κ1) is 46.2. The van der Waals surface area contributed by atoms with Crippen LogP contribution < -0.4 is 31.3 Å². The molecule has 0 unspecified atom stereocenters. The number of hydrogen-bond donors (Lipinski definition) is 0. The Bertz CT molecular complexity index is 3420. The van der Waals surface area contributed by atoms with E-state index in [1.54, 1.807) is 0 Å². The van der Waals surface area contributed by atoms with Crippen molar-refractivity contribution in [2.75, 3.05) is 14.7 Å². The summed E-state index contributed by atoms with van der Waals surface area (Å²) in [5.41, 5.74) is 21.5. The van der Waals surface area contributed by atoms with E-state index in [4.69, 9.17) is 4.42 Å². The number of anilines is 9. The molecule has 0 amide bonds. The Morgan fingerprint density at radius 3 is 1.45 bits per heavy atom. The van der Waals surface area contributed by atoms with Crippen molar-refractivity contribution in [3.63, 3.8) is 0 Å². The van der Waals surface area contributed by atoms with Crippen molar-refractivity contribution < 1.29 is 4.42 Å². The van der Waals surface area contributed by atoms with Crippen LogP contribution in [-0.2, 0) is 21.7 Å². The molecular formula is C66H66BN3O. The molecule has 5 heteroatoms. The van der Waals surface area contributed by atoms with Crippen LogP contribution in [0.4, 0.5) is 51.2 Å². The lowest BCUT2D eigenvalue weighted by Gasteiger charge is -2.44. The van der Waals surface area contributed by atoms with Crippen LogP contribution >= 0.6 is 0 Å². The van der Waals surface area contributed by atoms with Crippen molar-refractivity contribution in [2.24, 2.45) is 0 Å². The number of rotatable bonds is 6. The van der Waals surface area contributed by atoms with Gasteiger partial charge in [0.15, 0.2) is 0 Å². The molecule has 0 bridgehead atoms. The molecule has 4 nitrogen and oxygen atoms in total. The maximum Gasteiger partial charge on any atom is 0.297 e. The minimum atomic E-state index is -0.218. The first-order valence-corrected chi connectivity index (χ1v) is 25.5. The molecule has 9 aromatic rings. The number of furan rings is 1. The van der Waals surface area contributed by atoms with E-state index in [0.29, 0.717) is 0 Å². The highest BCUT2D eigenvalue weighted by molar-refractivity contribution is 7.00. The summed E-state index contributed by atoms with van der Waals surface area (Å²) in [6, 6.07) is 68.1. The summed E-state index contributed by atoms with van der Waals surface area (Å²) in [6.07, 6.45) is 0. The molecule has 354 valence electrons. The molecule has 2 aliphatic rings. The fourth-order valence-electron chi connectivity index (χ4n) is 10.8. The van der Waals surface area contributed by atoms with Crippen molar-refractivity contribution in [1.29, 1.82) is 0 Å². The minimum Gasteiger partial charge on any atom is -0.468 e. The quantitative estimate of drug-likeness (QED) is 0.155. The zero-order valence-electron chi connectivity index (χ0n) is 43.6. The molecule has 8 aromatic carbocycles. The second-order valence-corrected chi connectivity index (χ2v) is 24.0. The van der Waals surface area contributed by atoms with E-state index in [1.807, 2.05) is 0 Å². The predicted molar refractivity (Wildman–Crippen MR) is 305 cm³/mol. The topological polar surface area (TPSA) is 22.9 Å². The van der Waals surface area contributed by atoms with Crippen LogP contribution in [0, 0.1) is 0 Å². The molecule has 0 saturated heterocycles. The molecule has 0 atom stereocenters. The van der Waals surface area contributed by atoms with Gasteiger partial charge in [-0.3, -0.25) is 0 Å². The van der Waals surface area contributed by atoms with Crippen LogP contribution in [0.3, 0.4) is 0 Å². The Labute approximate surface area is 422 Å². The highest BCUT2D eigenvalue weighted by Gasteiger charge is 2.48. The van der Waals surface area contributed by atoms with E-state index in [2.05, 4.69) is 280 Å². The molecule has 0 fully saturated rings. The second-order valence-electron chi connectivity index (χ2n) is 24.0. The van der Waals surface area contributed by atoms with Gasteiger partial charge in [-0.25, -0.2) is 0 Å². The molecule has 0 saturated carbocycles. The van der Waals surface area contributed by atoms with Gasteiger partial charge in [0.2, 0.25) is 0 Å². The second kappa shape index (κ2) is 16.7. The third-order valence-corrected chi connectivity index (χ3v) is 14.8. The Hall–Kier alpha value is -7.24. The van der Waals surface area contributed by atoms with Crippen molar-refractivity contribution in [3.05, 3.63) is 204 Å². The summed E-state index contributed by atoms with van der Waals surface area (Å²) in [5.74, 6) is 0. The van der Waals surface area contributed by atoms with E-state index in [1.165, 1.54) is 44.3 Å². The van der Waals surface area contributed by atoms with E-state index in [-0.39, 0.29) is 28.4 Å². The van der Waals surface area contributed by atoms with Gasteiger partial charge >= 0.3 is 0 Å². The van der Waals surface area contributed by atoms with Gasteiger partial charge < -0.3 is 19.1 Å². The molecule has 2 aliphatic heterocycles. The summed E-state index contributed by atoms with van der Waals surface area (Å²) in [6.45, 7) is 27.5. The Morgan fingerprint density at radius 1 is 0.408 bits per heavy atom. The smallest absolute Gasteiger partial charge is 0.297 e. The summed E-state index contributed by atoms with van der Waals surface area (Å²) < 4.78 is 7.45. The molecule has 0 radical (unpaired) electrons. The average Bonchev–Trinajstić information content (AvgIpc) is 3.72. The van der Waals surface area contributed by atoms with Gasteiger partial charge in [0.1, 0.15) is 5.58 Å². The van der Waals surface area contributed by atoms with Gasteiger partial charge in [0.05, 0.1) is 22.7 Å². The highest BCUT2D eigenvalue weighted by Crippen LogP contribution is 2.52. The minimum absolute atomic E-state index is 0.0143. The lowest BCUT2D eigenvalue weighted by molar-refractivity contribution is 0.590. The standard InChI is InChI=1S/C66H66BN3O/c1-63(2,3)44-28-33-50(34-29-44)69-57-41-51(68(48-24-18-14-19-25-48)49-26-20-15-21-27-49)42-58-60(57)67(62-61(69)53-39-46(65(7,8)9)32-37-59(53)71-62)54-40-47(66(10,11)12)31-36-56(54)70(58)55-35-30-45(64(4,5)6)38-52(55)43-22-16-13-17-23-43/h13-42H,1-12H3. The Morgan fingerprint density at radius 2 is 0.887 bits per heavy atom. The zero-order valence-corrected chi connectivity index (χ0v) is 43.6. The van der Waals surface area contributed by atoms with Crippen LogP contribution in [0.5, 0.6) is 0 Å². The van der Waals surface area contributed by atoms with Gasteiger partial charge in [-0.1, -0.05) is 186 Å². The van der Waals surface area contributed by atoms with Crippen LogP contribution in [0.1, 0.15) is 105 Å². The van der Waals surface area contributed by atoms with Gasteiger partial charge in [0.25, 0.3) is 6.71 Å². The van der Waals surface area contributed by atoms with Gasteiger partial charge in [-0.15, -0.1) is 0 Å². The summed E-state index contributed by atoms with van der Waals surface area (Å²) in [5, 5.41) is 1.12. The number of benzene rings is 8. The van der Waals surface area contributed by atoms with Gasteiger partial charge in [-0.2, -0.15) is 0 Å². The van der Waals surface area contributed by atoms with Crippen molar-refractivity contribution >= 4 is 85.5 Å². The predicted octanol–water partition coefficient (Wildman–Crippen LogP) is 16.8. The van der Waals surface area contributed by atoms with Crippen molar-refractivity contribution in [3.8, 4) is 11.1 Å². The number of para-hydroxylation sites is 2. The third-order valence-electron chi connectivity index (χ3n) is 14.8. The molecule has 0 N–H and O–H groups in total. The summed E-state index contributed by atoms with van der Waals surface area (Å²) >= 11 is 0. The van der Waals surface area contributed by atoms with Crippen LogP contribution in [0.25, 0.3) is 22.1 Å². The number of nitrogens with zero attached hydrogens (tertiary/aromatic N) is 3. The molecule has 3 heterocycles. The molecule has 0 spiro atoms. The average molecular weight is 928 g/mol. The maximum atomic E-state index is 7.45. The molecule has 71 heavy (non-hydrogen) atoms. The van der Waals surface area contributed by atoms with Crippen LogP contribution in [0.15, 0.2) is 186 Å². The Kier molecular flexibility index (Phi) is 10.9. The monoisotopic (exact) mass is 928 g/mol. The van der Waals surface area contributed by atoms with Gasteiger partial charge in [0, 0.05) is 45.1 Å². The largest absolute Gasteiger partial charge is 0.468 e. The SMILES string of the molecule is CC(C)(C)c1ccc(N2c3cc(N(c4ccccc4)c4ccccc4)cc4c3B(c3cc(C(C)(C)C)ccc3N4c3ccc(C(C)(C)C)cc3-c3ccccc3)c3oc4ccc(C(C)(C)C)cc4c32)cc1. The fraction of sp³-hybridized carbons (Fsp3) is 0.242. The summed E-state index contributed by atoms with van der Waals surface area (Å²) in [4.78, 5) is 7.53. The first-order chi connectivity index (χ1) is 33.8. The summed E-state index contributed by atoms with van der Waals surface area (Å²) in [7, 11) is 0. The molecule has 1 aromatic heterocycles. The third kappa shape index (κ3) is 8.04.